The average molecular weight is 284 g/mol. The van der Waals surface area contributed by atoms with Crippen LogP contribution in [0, 0.1) is 5.41 Å². The van der Waals surface area contributed by atoms with Gasteiger partial charge in [-0.2, -0.15) is 0 Å². The standard InChI is InChI=1S/C14H22ClN3O/c1-10(2)11-12(15)17-9-18-13(11)16-8-14(3)4-6-19-7-5-14/h9-10H,4-8H2,1-3H3,(H,16,17,18). The summed E-state index contributed by atoms with van der Waals surface area (Å²) in [5.41, 5.74) is 1.27. The molecular weight excluding hydrogens is 262 g/mol. The van der Waals surface area contributed by atoms with Gasteiger partial charge in [-0.25, -0.2) is 9.97 Å². The highest BCUT2D eigenvalue weighted by Crippen LogP contribution is 2.32. The van der Waals surface area contributed by atoms with E-state index >= 15 is 0 Å². The van der Waals surface area contributed by atoms with Crippen LogP contribution in [0.1, 0.15) is 45.1 Å². The highest BCUT2D eigenvalue weighted by molar-refractivity contribution is 6.30. The van der Waals surface area contributed by atoms with Crippen LogP contribution < -0.4 is 5.32 Å². The molecule has 1 fully saturated rings. The minimum absolute atomic E-state index is 0.268. The smallest absolute Gasteiger partial charge is 0.138 e. The van der Waals surface area contributed by atoms with Crippen molar-refractivity contribution in [2.24, 2.45) is 5.41 Å². The summed E-state index contributed by atoms with van der Waals surface area (Å²) in [6.07, 6.45) is 3.68. The van der Waals surface area contributed by atoms with Gasteiger partial charge in [-0.05, 0) is 24.2 Å². The van der Waals surface area contributed by atoms with Crippen LogP contribution in [-0.2, 0) is 4.74 Å². The minimum Gasteiger partial charge on any atom is -0.381 e. The quantitative estimate of drug-likeness (QED) is 0.860. The van der Waals surface area contributed by atoms with E-state index in [0.717, 1.165) is 44.0 Å². The Morgan fingerprint density at radius 3 is 2.68 bits per heavy atom. The normalized spacial score (nSPS) is 18.6. The molecule has 0 aromatic carbocycles. The van der Waals surface area contributed by atoms with Crippen LogP contribution in [0.5, 0.6) is 0 Å². The van der Waals surface area contributed by atoms with E-state index in [1.165, 1.54) is 6.33 Å². The molecule has 0 aliphatic carbocycles. The Kier molecular flexibility index (Phi) is 4.63. The summed E-state index contributed by atoms with van der Waals surface area (Å²) < 4.78 is 5.42. The lowest BCUT2D eigenvalue weighted by molar-refractivity contribution is 0.0299. The summed E-state index contributed by atoms with van der Waals surface area (Å²) in [7, 11) is 0. The second kappa shape index (κ2) is 6.06. The fourth-order valence-corrected chi connectivity index (χ4v) is 2.72. The van der Waals surface area contributed by atoms with Crippen LogP contribution in [0.25, 0.3) is 0 Å². The van der Waals surface area contributed by atoms with E-state index in [0.29, 0.717) is 11.1 Å². The van der Waals surface area contributed by atoms with Gasteiger partial charge >= 0.3 is 0 Å². The first kappa shape index (κ1) is 14.5. The average Bonchev–Trinajstić information content (AvgIpc) is 2.37. The molecule has 0 radical (unpaired) electrons. The number of ether oxygens (including phenoxy) is 1. The van der Waals surface area contributed by atoms with Gasteiger partial charge in [0.05, 0.1) is 0 Å². The van der Waals surface area contributed by atoms with Crippen molar-refractivity contribution < 1.29 is 4.74 Å². The Labute approximate surface area is 119 Å². The molecule has 0 spiro atoms. The molecule has 4 nitrogen and oxygen atoms in total. The first-order valence-corrected chi connectivity index (χ1v) is 7.22. The van der Waals surface area contributed by atoms with Crippen LogP contribution in [0.15, 0.2) is 6.33 Å². The van der Waals surface area contributed by atoms with Gasteiger partial charge in [0, 0.05) is 25.3 Å². The Hall–Kier alpha value is -0.870. The van der Waals surface area contributed by atoms with E-state index in [4.69, 9.17) is 16.3 Å². The zero-order valence-electron chi connectivity index (χ0n) is 11.9. The van der Waals surface area contributed by atoms with Crippen molar-refractivity contribution in [2.75, 3.05) is 25.1 Å². The third kappa shape index (κ3) is 3.57. The molecule has 1 N–H and O–H groups in total. The number of hydrogen-bond donors (Lipinski definition) is 1. The van der Waals surface area contributed by atoms with Crippen molar-refractivity contribution in [1.82, 2.24) is 9.97 Å². The summed E-state index contributed by atoms with van der Waals surface area (Å²) in [5.74, 6) is 1.17. The van der Waals surface area contributed by atoms with Gasteiger partial charge in [-0.15, -0.1) is 0 Å². The predicted octanol–water partition coefficient (Wildman–Crippen LogP) is 3.48. The van der Waals surface area contributed by atoms with E-state index in [1.54, 1.807) is 0 Å². The Morgan fingerprint density at radius 1 is 1.37 bits per heavy atom. The van der Waals surface area contributed by atoms with E-state index in [9.17, 15) is 0 Å². The van der Waals surface area contributed by atoms with Gasteiger partial charge in [0.15, 0.2) is 0 Å². The zero-order valence-corrected chi connectivity index (χ0v) is 12.6. The molecule has 1 aromatic rings. The van der Waals surface area contributed by atoms with Crippen molar-refractivity contribution >= 4 is 17.4 Å². The number of rotatable bonds is 4. The Morgan fingerprint density at radius 2 is 2.05 bits per heavy atom. The molecule has 1 aliphatic heterocycles. The number of nitrogens with zero attached hydrogens (tertiary/aromatic N) is 2. The maximum atomic E-state index is 6.17. The molecule has 19 heavy (non-hydrogen) atoms. The van der Waals surface area contributed by atoms with Gasteiger partial charge < -0.3 is 10.1 Å². The summed E-state index contributed by atoms with van der Waals surface area (Å²) >= 11 is 6.17. The summed E-state index contributed by atoms with van der Waals surface area (Å²) in [6.45, 7) is 9.08. The van der Waals surface area contributed by atoms with Gasteiger partial charge in [-0.3, -0.25) is 0 Å². The molecule has 0 saturated carbocycles. The van der Waals surface area contributed by atoms with E-state index in [1.807, 2.05) is 0 Å². The SMILES string of the molecule is CC(C)c1c(Cl)ncnc1NCC1(C)CCOCC1. The van der Waals surface area contributed by atoms with Gasteiger partial charge in [0.25, 0.3) is 0 Å². The topological polar surface area (TPSA) is 47.0 Å². The zero-order chi connectivity index (χ0) is 13.9. The molecule has 2 heterocycles. The number of nitrogens with one attached hydrogen (secondary N) is 1. The van der Waals surface area contributed by atoms with Gasteiger partial charge in [0.2, 0.25) is 0 Å². The Bertz CT molecular complexity index is 431. The van der Waals surface area contributed by atoms with Gasteiger partial charge in [0.1, 0.15) is 17.3 Å². The maximum absolute atomic E-state index is 6.17. The number of aromatic nitrogens is 2. The molecule has 5 heteroatoms. The molecule has 106 valence electrons. The van der Waals surface area contributed by atoms with Crippen LogP contribution >= 0.6 is 11.6 Å². The van der Waals surface area contributed by atoms with E-state index in [2.05, 4.69) is 36.1 Å². The second-order valence-electron chi connectivity index (χ2n) is 5.86. The van der Waals surface area contributed by atoms with Crippen LogP contribution in [-0.4, -0.2) is 29.7 Å². The lowest BCUT2D eigenvalue weighted by Crippen LogP contribution is -2.33. The fourth-order valence-electron chi connectivity index (χ4n) is 2.36. The first-order valence-electron chi connectivity index (χ1n) is 6.84. The van der Waals surface area contributed by atoms with E-state index < -0.39 is 0 Å². The highest BCUT2D eigenvalue weighted by Gasteiger charge is 2.27. The van der Waals surface area contributed by atoms with Crippen molar-refractivity contribution in [3.8, 4) is 0 Å². The minimum atomic E-state index is 0.268. The van der Waals surface area contributed by atoms with Crippen LogP contribution in [0.2, 0.25) is 5.15 Å². The van der Waals surface area contributed by atoms with Crippen molar-refractivity contribution in [2.45, 2.75) is 39.5 Å². The number of hydrogen-bond acceptors (Lipinski definition) is 4. The summed E-state index contributed by atoms with van der Waals surface area (Å²) in [5, 5.41) is 4.00. The summed E-state index contributed by atoms with van der Waals surface area (Å²) in [6, 6.07) is 0. The molecule has 2 rings (SSSR count). The monoisotopic (exact) mass is 283 g/mol. The van der Waals surface area contributed by atoms with Gasteiger partial charge in [-0.1, -0.05) is 32.4 Å². The molecule has 1 aromatic heterocycles. The van der Waals surface area contributed by atoms with Crippen LogP contribution in [0.4, 0.5) is 5.82 Å². The van der Waals surface area contributed by atoms with Crippen molar-refractivity contribution in [3.05, 3.63) is 17.0 Å². The third-order valence-electron chi connectivity index (χ3n) is 3.80. The highest BCUT2D eigenvalue weighted by atomic mass is 35.5. The molecule has 0 bridgehead atoms. The Balaban J connectivity index is 2.09. The third-order valence-corrected chi connectivity index (χ3v) is 4.10. The van der Waals surface area contributed by atoms with Crippen LogP contribution in [0.3, 0.4) is 0 Å². The fraction of sp³-hybridized carbons (Fsp3) is 0.714. The molecule has 0 unspecified atom stereocenters. The van der Waals surface area contributed by atoms with Crippen molar-refractivity contribution in [1.29, 1.82) is 0 Å². The number of halogens is 1. The molecule has 1 aliphatic rings. The molecule has 1 saturated heterocycles. The first-order chi connectivity index (χ1) is 9.02. The molecule has 0 amide bonds. The number of anilines is 1. The van der Waals surface area contributed by atoms with Crippen molar-refractivity contribution in [3.63, 3.8) is 0 Å². The maximum Gasteiger partial charge on any atom is 0.138 e. The molecule has 0 atom stereocenters. The molecular formula is C14H22ClN3O. The largest absolute Gasteiger partial charge is 0.381 e. The van der Waals surface area contributed by atoms with E-state index in [-0.39, 0.29) is 5.41 Å². The predicted molar refractivity (Wildman–Crippen MR) is 77.8 cm³/mol. The second-order valence-corrected chi connectivity index (χ2v) is 6.22. The lowest BCUT2D eigenvalue weighted by atomic mass is 9.82. The summed E-state index contributed by atoms with van der Waals surface area (Å²) in [4.78, 5) is 8.41. The lowest BCUT2D eigenvalue weighted by Gasteiger charge is -2.34.